The fourth-order valence-electron chi connectivity index (χ4n) is 2.86. The number of likely N-dealkylation sites (tertiary alicyclic amines) is 1. The standard InChI is InChI=1S/C17H22N4O2/c1-13(2)23-16-5-3-4-15(19-16)17(22)20-9-6-14(7-10-20)21-11-8-18-12-21/h3-5,8,11-14H,6-7,9-10H2,1-2H3. The molecule has 0 unspecified atom stereocenters. The van der Waals surface area contributed by atoms with Gasteiger partial charge in [0.2, 0.25) is 5.88 Å². The first-order valence-electron chi connectivity index (χ1n) is 8.04. The molecule has 0 aliphatic carbocycles. The third-order valence-corrected chi connectivity index (χ3v) is 4.00. The van der Waals surface area contributed by atoms with Gasteiger partial charge in [0.1, 0.15) is 5.69 Å². The third kappa shape index (κ3) is 3.70. The van der Waals surface area contributed by atoms with E-state index in [1.807, 2.05) is 37.3 Å². The van der Waals surface area contributed by atoms with Gasteiger partial charge in [-0.25, -0.2) is 9.97 Å². The fourth-order valence-corrected chi connectivity index (χ4v) is 2.86. The highest BCUT2D eigenvalue weighted by Crippen LogP contribution is 2.23. The second-order valence-corrected chi connectivity index (χ2v) is 6.06. The summed E-state index contributed by atoms with van der Waals surface area (Å²) >= 11 is 0. The summed E-state index contributed by atoms with van der Waals surface area (Å²) in [5.41, 5.74) is 0.448. The Bertz CT molecular complexity index is 646. The maximum absolute atomic E-state index is 12.6. The van der Waals surface area contributed by atoms with E-state index in [0.717, 1.165) is 25.9 Å². The van der Waals surface area contributed by atoms with Crippen molar-refractivity contribution < 1.29 is 9.53 Å². The molecule has 3 heterocycles. The molecule has 2 aromatic rings. The van der Waals surface area contributed by atoms with Gasteiger partial charge in [0.05, 0.1) is 12.4 Å². The van der Waals surface area contributed by atoms with Crippen LogP contribution in [-0.2, 0) is 0 Å². The first kappa shape index (κ1) is 15.5. The summed E-state index contributed by atoms with van der Waals surface area (Å²) in [4.78, 5) is 22.9. The molecule has 2 aromatic heterocycles. The van der Waals surface area contributed by atoms with E-state index in [2.05, 4.69) is 14.5 Å². The van der Waals surface area contributed by atoms with Crippen molar-refractivity contribution in [3.63, 3.8) is 0 Å². The van der Waals surface area contributed by atoms with Crippen LogP contribution in [0, 0.1) is 0 Å². The molecule has 23 heavy (non-hydrogen) atoms. The molecule has 0 radical (unpaired) electrons. The Hall–Kier alpha value is -2.37. The van der Waals surface area contributed by atoms with E-state index in [9.17, 15) is 4.79 Å². The first-order valence-corrected chi connectivity index (χ1v) is 8.04. The Morgan fingerprint density at radius 2 is 2.09 bits per heavy atom. The highest BCUT2D eigenvalue weighted by molar-refractivity contribution is 5.92. The van der Waals surface area contributed by atoms with Gasteiger partial charge in [-0.1, -0.05) is 6.07 Å². The monoisotopic (exact) mass is 314 g/mol. The maximum Gasteiger partial charge on any atom is 0.272 e. The lowest BCUT2D eigenvalue weighted by molar-refractivity contribution is 0.0687. The molecule has 6 heteroatoms. The van der Waals surface area contributed by atoms with Gasteiger partial charge in [-0.2, -0.15) is 0 Å². The lowest BCUT2D eigenvalue weighted by Crippen LogP contribution is -2.39. The SMILES string of the molecule is CC(C)Oc1cccc(C(=O)N2CCC(n3ccnc3)CC2)n1. The van der Waals surface area contributed by atoms with Gasteiger partial charge in [-0.3, -0.25) is 4.79 Å². The number of nitrogens with zero attached hydrogens (tertiary/aromatic N) is 4. The van der Waals surface area contributed by atoms with Crippen molar-refractivity contribution in [1.82, 2.24) is 19.4 Å². The lowest BCUT2D eigenvalue weighted by atomic mass is 10.0. The normalized spacial score (nSPS) is 15.9. The minimum atomic E-state index is -0.0247. The van der Waals surface area contributed by atoms with Crippen LogP contribution in [0.1, 0.15) is 43.2 Å². The van der Waals surface area contributed by atoms with E-state index in [-0.39, 0.29) is 12.0 Å². The summed E-state index contributed by atoms with van der Waals surface area (Å²) in [5, 5.41) is 0. The molecule has 0 bridgehead atoms. The van der Waals surface area contributed by atoms with Crippen LogP contribution in [0.4, 0.5) is 0 Å². The summed E-state index contributed by atoms with van der Waals surface area (Å²) in [7, 11) is 0. The predicted molar refractivity (Wildman–Crippen MR) is 86.4 cm³/mol. The highest BCUT2D eigenvalue weighted by Gasteiger charge is 2.25. The second-order valence-electron chi connectivity index (χ2n) is 6.06. The van der Waals surface area contributed by atoms with Gasteiger partial charge in [-0.05, 0) is 32.8 Å². The summed E-state index contributed by atoms with van der Waals surface area (Å²) in [6.07, 6.45) is 7.53. The van der Waals surface area contributed by atoms with Gasteiger partial charge < -0.3 is 14.2 Å². The summed E-state index contributed by atoms with van der Waals surface area (Å²) in [6, 6.07) is 5.76. The van der Waals surface area contributed by atoms with E-state index in [0.29, 0.717) is 17.6 Å². The largest absolute Gasteiger partial charge is 0.475 e. The Labute approximate surface area is 136 Å². The second kappa shape index (κ2) is 6.81. The number of amides is 1. The predicted octanol–water partition coefficient (Wildman–Crippen LogP) is 2.54. The number of hydrogen-bond acceptors (Lipinski definition) is 4. The molecular formula is C17H22N4O2. The molecule has 1 fully saturated rings. The molecule has 0 N–H and O–H groups in total. The molecule has 1 aliphatic heterocycles. The van der Waals surface area contributed by atoms with Gasteiger partial charge >= 0.3 is 0 Å². The lowest BCUT2D eigenvalue weighted by Gasteiger charge is -2.32. The number of imidazole rings is 1. The average molecular weight is 314 g/mol. The summed E-state index contributed by atoms with van der Waals surface area (Å²) in [5.74, 6) is 0.474. The van der Waals surface area contributed by atoms with Gasteiger partial charge in [-0.15, -0.1) is 0 Å². The molecule has 3 rings (SSSR count). The van der Waals surface area contributed by atoms with E-state index in [4.69, 9.17) is 4.74 Å². The van der Waals surface area contributed by atoms with Crippen molar-refractivity contribution >= 4 is 5.91 Å². The number of hydrogen-bond donors (Lipinski definition) is 0. The van der Waals surface area contributed by atoms with Crippen molar-refractivity contribution in [2.45, 2.75) is 38.8 Å². The molecule has 0 aromatic carbocycles. The number of pyridine rings is 1. The zero-order valence-electron chi connectivity index (χ0n) is 13.6. The number of piperidine rings is 1. The van der Waals surface area contributed by atoms with Gasteiger partial charge in [0, 0.05) is 37.6 Å². The van der Waals surface area contributed by atoms with Crippen LogP contribution >= 0.6 is 0 Å². The van der Waals surface area contributed by atoms with Crippen LogP contribution in [0.25, 0.3) is 0 Å². The highest BCUT2D eigenvalue weighted by atomic mass is 16.5. The van der Waals surface area contributed by atoms with E-state index >= 15 is 0 Å². The number of rotatable bonds is 4. The average Bonchev–Trinajstić information content (AvgIpc) is 3.08. The number of ether oxygens (including phenoxy) is 1. The molecule has 0 spiro atoms. The number of aromatic nitrogens is 3. The zero-order valence-corrected chi connectivity index (χ0v) is 13.6. The quantitative estimate of drug-likeness (QED) is 0.870. The van der Waals surface area contributed by atoms with Crippen molar-refractivity contribution in [3.8, 4) is 5.88 Å². The summed E-state index contributed by atoms with van der Waals surface area (Å²) < 4.78 is 7.69. The first-order chi connectivity index (χ1) is 11.1. The van der Waals surface area contributed by atoms with Crippen molar-refractivity contribution in [1.29, 1.82) is 0 Å². The Kier molecular flexibility index (Phi) is 4.60. The van der Waals surface area contributed by atoms with Crippen LogP contribution in [-0.4, -0.2) is 44.5 Å². The van der Waals surface area contributed by atoms with Crippen LogP contribution in [0.2, 0.25) is 0 Å². The zero-order chi connectivity index (χ0) is 16.2. The number of carbonyl (C=O) groups excluding carboxylic acids is 1. The van der Waals surface area contributed by atoms with Crippen molar-refractivity contribution in [3.05, 3.63) is 42.6 Å². The molecule has 122 valence electrons. The molecule has 1 amide bonds. The molecular weight excluding hydrogens is 292 g/mol. The van der Waals surface area contributed by atoms with E-state index in [1.54, 1.807) is 18.3 Å². The minimum absolute atomic E-state index is 0.0247. The van der Waals surface area contributed by atoms with E-state index in [1.165, 1.54) is 0 Å². The molecule has 0 saturated carbocycles. The van der Waals surface area contributed by atoms with Crippen LogP contribution < -0.4 is 4.74 Å². The Morgan fingerprint density at radius 1 is 1.30 bits per heavy atom. The molecule has 6 nitrogen and oxygen atoms in total. The Balaban J connectivity index is 1.63. The fraction of sp³-hybridized carbons (Fsp3) is 0.471. The molecule has 1 aliphatic rings. The maximum atomic E-state index is 12.6. The number of carbonyl (C=O) groups is 1. The van der Waals surface area contributed by atoms with Gasteiger partial charge in [0.25, 0.3) is 5.91 Å². The van der Waals surface area contributed by atoms with E-state index < -0.39 is 0 Å². The minimum Gasteiger partial charge on any atom is -0.475 e. The van der Waals surface area contributed by atoms with Crippen LogP contribution in [0.15, 0.2) is 36.9 Å². The molecule has 1 saturated heterocycles. The van der Waals surface area contributed by atoms with Crippen molar-refractivity contribution in [2.24, 2.45) is 0 Å². The summed E-state index contributed by atoms with van der Waals surface area (Å²) in [6.45, 7) is 5.35. The topological polar surface area (TPSA) is 60.2 Å². The van der Waals surface area contributed by atoms with Crippen molar-refractivity contribution in [2.75, 3.05) is 13.1 Å². The van der Waals surface area contributed by atoms with Crippen LogP contribution in [0.5, 0.6) is 5.88 Å². The smallest absolute Gasteiger partial charge is 0.272 e. The Morgan fingerprint density at radius 3 is 2.74 bits per heavy atom. The molecule has 0 atom stereocenters. The van der Waals surface area contributed by atoms with Crippen LogP contribution in [0.3, 0.4) is 0 Å². The third-order valence-electron chi connectivity index (χ3n) is 4.00. The van der Waals surface area contributed by atoms with Gasteiger partial charge in [0.15, 0.2) is 0 Å².